The monoisotopic (exact) mass is 662 g/mol. The van der Waals surface area contributed by atoms with Gasteiger partial charge in [0, 0.05) is 27.0 Å². The minimum atomic E-state index is -0.890. The molecule has 0 unspecified atom stereocenters. The van der Waals surface area contributed by atoms with E-state index in [4.69, 9.17) is 18.9 Å². The maximum atomic E-state index is 7.51. The van der Waals surface area contributed by atoms with Crippen LogP contribution >= 0.6 is 11.8 Å². The summed E-state index contributed by atoms with van der Waals surface area (Å²) in [4.78, 5) is 2.29. The average Bonchev–Trinajstić information content (AvgIpc) is 3.15. The van der Waals surface area contributed by atoms with Crippen LogP contribution in [-0.4, -0.2) is 21.3 Å². The lowest BCUT2D eigenvalue weighted by molar-refractivity contribution is 0.163. The van der Waals surface area contributed by atoms with E-state index in [-0.39, 0.29) is 0 Å². The van der Waals surface area contributed by atoms with Crippen molar-refractivity contribution in [1.82, 2.24) is 0 Å². The smallest absolute Gasteiger partial charge is 0.178 e. The van der Waals surface area contributed by atoms with Gasteiger partial charge in [-0.2, -0.15) is 0 Å². The topological polar surface area (TPSA) is 36.9 Å². The maximum absolute atomic E-state index is 7.51. The van der Waals surface area contributed by atoms with Gasteiger partial charge in [-0.05, 0) is 108 Å². The third-order valence-electron chi connectivity index (χ3n) is 10.0. The molecule has 49 heavy (non-hydrogen) atoms. The zero-order valence-electron chi connectivity index (χ0n) is 28.4. The van der Waals surface area contributed by atoms with Crippen molar-refractivity contribution in [2.75, 3.05) is 21.3 Å². The molecule has 0 radical (unpaired) electrons. The first-order valence-electron chi connectivity index (χ1n) is 16.6. The average molecular weight is 663 g/mol. The predicted molar refractivity (Wildman–Crippen MR) is 200 cm³/mol. The van der Waals surface area contributed by atoms with E-state index in [1.807, 2.05) is 24.3 Å². The van der Waals surface area contributed by atoms with E-state index in [0.717, 1.165) is 68.2 Å². The number of methoxy groups -OCH3 is 3. The summed E-state index contributed by atoms with van der Waals surface area (Å²) in [5.41, 5.74) is 9.99. The van der Waals surface area contributed by atoms with Crippen LogP contribution in [-0.2, 0) is 18.4 Å². The third-order valence-corrected chi connectivity index (χ3v) is 11.4. The molecule has 2 aliphatic rings. The first-order chi connectivity index (χ1) is 23.9. The Bertz CT molecular complexity index is 2180. The summed E-state index contributed by atoms with van der Waals surface area (Å²) in [7, 11) is 5.15. The second-order valence-electron chi connectivity index (χ2n) is 12.8. The van der Waals surface area contributed by atoms with Gasteiger partial charge in [-0.25, -0.2) is 0 Å². The van der Waals surface area contributed by atoms with Crippen molar-refractivity contribution >= 4 is 28.6 Å². The van der Waals surface area contributed by atoms with Crippen molar-refractivity contribution in [3.8, 4) is 34.1 Å². The fourth-order valence-corrected chi connectivity index (χ4v) is 8.59. The van der Waals surface area contributed by atoms with E-state index in [0.29, 0.717) is 0 Å². The molecule has 5 heteroatoms. The van der Waals surface area contributed by atoms with Crippen molar-refractivity contribution in [3.05, 3.63) is 148 Å². The quantitative estimate of drug-likeness (QED) is 0.170. The van der Waals surface area contributed by atoms with E-state index in [1.54, 1.807) is 33.1 Å². The molecule has 0 bridgehead atoms. The largest absolute Gasteiger partial charge is 0.497 e. The molecule has 0 aromatic heterocycles. The Hall–Kier alpha value is -5.13. The Balaban J connectivity index is 1.42. The summed E-state index contributed by atoms with van der Waals surface area (Å²) >= 11 is 1.76. The highest BCUT2D eigenvalue weighted by molar-refractivity contribution is 7.99. The maximum Gasteiger partial charge on any atom is 0.178 e. The van der Waals surface area contributed by atoms with Crippen LogP contribution in [0.2, 0.25) is 0 Å². The minimum Gasteiger partial charge on any atom is -0.497 e. The number of benzene rings is 6. The van der Waals surface area contributed by atoms with E-state index in [2.05, 4.69) is 105 Å². The molecule has 4 nitrogen and oxygen atoms in total. The number of rotatable bonds is 7. The van der Waals surface area contributed by atoms with Crippen LogP contribution in [0.4, 0.5) is 0 Å². The van der Waals surface area contributed by atoms with Crippen molar-refractivity contribution in [2.45, 2.75) is 42.1 Å². The SMILES string of the molecule is COc1ccc(C2(c3ccc(OC)cc3)C=Cc3c4c(c5cc(OC)c(Sc6c(C)cccc6C)cc5c3O2)-c2ccccc2CC4)cc1. The lowest BCUT2D eigenvalue weighted by Gasteiger charge is -2.38. The first kappa shape index (κ1) is 31.2. The van der Waals surface area contributed by atoms with Gasteiger partial charge in [0.05, 0.1) is 26.2 Å². The van der Waals surface area contributed by atoms with E-state index in [1.165, 1.54) is 38.3 Å². The predicted octanol–water partition coefficient (Wildman–Crippen LogP) is 10.7. The molecule has 1 aliphatic carbocycles. The minimum absolute atomic E-state index is 0.798. The highest BCUT2D eigenvalue weighted by atomic mass is 32.2. The zero-order valence-corrected chi connectivity index (χ0v) is 29.2. The molecule has 0 spiro atoms. The standard InChI is InChI=1S/C44H38O4S/c1-27-9-8-10-28(2)43(27)49-40-26-38-37(25-39(40)47-5)41-34-12-7-6-11-29(34)13-22-35(41)36-23-24-44(48-42(36)38,30-14-18-32(45-3)19-15-30)31-16-20-33(46-4)21-17-31/h6-12,14-21,23-26H,13,22H2,1-5H3. The van der Waals surface area contributed by atoms with Crippen LogP contribution in [0, 0.1) is 13.8 Å². The summed E-state index contributed by atoms with van der Waals surface area (Å²) in [5, 5.41) is 2.20. The summed E-state index contributed by atoms with van der Waals surface area (Å²) in [6.45, 7) is 4.34. The van der Waals surface area contributed by atoms with Crippen LogP contribution in [0.3, 0.4) is 0 Å². The van der Waals surface area contributed by atoms with Crippen LogP contribution in [0.5, 0.6) is 23.0 Å². The van der Waals surface area contributed by atoms with Crippen molar-refractivity contribution in [3.63, 3.8) is 0 Å². The summed E-state index contributed by atoms with van der Waals surface area (Å²) < 4.78 is 24.7. The van der Waals surface area contributed by atoms with Gasteiger partial charge >= 0.3 is 0 Å². The third kappa shape index (κ3) is 5.15. The Kier molecular flexibility index (Phi) is 7.88. The van der Waals surface area contributed by atoms with E-state index in [9.17, 15) is 0 Å². The number of hydrogen-bond donors (Lipinski definition) is 0. The zero-order chi connectivity index (χ0) is 33.7. The van der Waals surface area contributed by atoms with Gasteiger partial charge in [0.2, 0.25) is 0 Å². The van der Waals surface area contributed by atoms with Crippen LogP contribution in [0.15, 0.2) is 119 Å². The highest BCUT2D eigenvalue weighted by Gasteiger charge is 2.40. The molecule has 0 N–H and O–H groups in total. The van der Waals surface area contributed by atoms with Crippen molar-refractivity contribution in [2.24, 2.45) is 0 Å². The lowest BCUT2D eigenvalue weighted by Crippen LogP contribution is -2.34. The van der Waals surface area contributed by atoms with Gasteiger partial charge in [0.25, 0.3) is 0 Å². The molecular formula is C44H38O4S. The van der Waals surface area contributed by atoms with Gasteiger partial charge in [-0.3, -0.25) is 0 Å². The number of aryl methyl sites for hydroxylation is 3. The molecule has 1 heterocycles. The van der Waals surface area contributed by atoms with Crippen LogP contribution < -0.4 is 18.9 Å². The molecule has 0 amide bonds. The normalized spacial score (nSPS) is 14.0. The molecule has 1 aliphatic heterocycles. The molecular weight excluding hydrogens is 625 g/mol. The highest BCUT2D eigenvalue weighted by Crippen LogP contribution is 2.53. The van der Waals surface area contributed by atoms with Gasteiger partial charge in [0.1, 0.15) is 23.0 Å². The fourth-order valence-electron chi connectivity index (χ4n) is 7.49. The molecule has 0 saturated heterocycles. The molecule has 6 aromatic carbocycles. The lowest BCUT2D eigenvalue weighted by atomic mass is 9.77. The Morgan fingerprint density at radius 1 is 0.673 bits per heavy atom. The van der Waals surface area contributed by atoms with Gasteiger partial charge in [-0.1, -0.05) is 84.6 Å². The Morgan fingerprint density at radius 3 is 1.96 bits per heavy atom. The molecule has 6 aromatic rings. The number of ether oxygens (including phenoxy) is 4. The van der Waals surface area contributed by atoms with E-state index < -0.39 is 5.60 Å². The summed E-state index contributed by atoms with van der Waals surface area (Å²) in [6, 6.07) is 36.2. The Labute approximate surface area is 292 Å². The van der Waals surface area contributed by atoms with Crippen LogP contribution in [0.1, 0.15) is 38.9 Å². The molecule has 0 saturated carbocycles. The van der Waals surface area contributed by atoms with E-state index >= 15 is 0 Å². The van der Waals surface area contributed by atoms with Crippen molar-refractivity contribution in [1.29, 1.82) is 0 Å². The second kappa shape index (κ2) is 12.4. The van der Waals surface area contributed by atoms with Gasteiger partial charge < -0.3 is 18.9 Å². The second-order valence-corrected chi connectivity index (χ2v) is 13.8. The van der Waals surface area contributed by atoms with Gasteiger partial charge in [-0.15, -0.1) is 0 Å². The molecule has 244 valence electrons. The van der Waals surface area contributed by atoms with Gasteiger partial charge in [0.15, 0.2) is 5.60 Å². The van der Waals surface area contributed by atoms with Crippen LogP contribution in [0.25, 0.3) is 28.0 Å². The first-order valence-corrected chi connectivity index (χ1v) is 17.5. The number of hydrogen-bond acceptors (Lipinski definition) is 5. The Morgan fingerprint density at radius 2 is 1.33 bits per heavy atom. The molecule has 8 rings (SSSR count). The van der Waals surface area contributed by atoms with Crippen molar-refractivity contribution < 1.29 is 18.9 Å². The number of fused-ring (bicyclic) bond motifs is 8. The summed E-state index contributed by atoms with van der Waals surface area (Å²) in [6.07, 6.45) is 6.43. The molecule has 0 atom stereocenters. The fraction of sp³-hybridized carbons (Fsp3) is 0.182. The summed E-state index contributed by atoms with van der Waals surface area (Å²) in [5.74, 6) is 3.33. The molecule has 0 fully saturated rings.